The van der Waals surface area contributed by atoms with Gasteiger partial charge in [0.2, 0.25) is 15.0 Å². The van der Waals surface area contributed by atoms with Crippen molar-refractivity contribution in [2.45, 2.75) is 19.4 Å². The summed E-state index contributed by atoms with van der Waals surface area (Å²) in [5, 5.41) is 10.7. The normalized spacial score (nSPS) is 17.1. The van der Waals surface area contributed by atoms with Crippen molar-refractivity contribution in [3.63, 3.8) is 0 Å². The number of amidine groups is 1. The topological polar surface area (TPSA) is 106 Å². The Morgan fingerprint density at radius 1 is 1.30 bits per heavy atom. The number of hydrogen-bond donors (Lipinski definition) is 1. The summed E-state index contributed by atoms with van der Waals surface area (Å²) in [5.41, 5.74) is 1.18. The maximum absolute atomic E-state index is 11.9. The second kappa shape index (κ2) is 5.58. The Kier molecular flexibility index (Phi) is 3.72. The van der Waals surface area contributed by atoms with E-state index >= 15 is 0 Å². The van der Waals surface area contributed by atoms with E-state index in [0.29, 0.717) is 11.5 Å². The van der Waals surface area contributed by atoms with Gasteiger partial charge in [-0.05, 0) is 19.1 Å². The van der Waals surface area contributed by atoms with E-state index in [4.69, 9.17) is 0 Å². The number of Topliss-reactive ketones (excluding diaryl/α,β-unsaturated/α-hetero) is 1. The number of fused-ring (bicyclic) bond motifs is 1. The summed E-state index contributed by atoms with van der Waals surface area (Å²) < 4.78 is 25.2. The number of carbonyl (C=O) groups excluding carboxylic acids is 1. The Morgan fingerprint density at radius 3 is 2.61 bits per heavy atom. The van der Waals surface area contributed by atoms with E-state index in [1.165, 1.54) is 11.6 Å². The Morgan fingerprint density at radius 2 is 2.00 bits per heavy atom. The van der Waals surface area contributed by atoms with Gasteiger partial charge in [0, 0.05) is 12.7 Å². The summed E-state index contributed by atoms with van der Waals surface area (Å²) in [4.78, 5) is 15.6. The van der Waals surface area contributed by atoms with Crippen LogP contribution in [0.3, 0.4) is 0 Å². The standard InChI is InChI=1S/C14H15N5O3S/c1-9(20)8-11-12-13(16-14(15-11)23(2,21)22)19(18-17-12)10-6-4-3-5-7-10/h3-7,11H,8H2,1-2H3,(H,15,16)/t11-/m1/s1. The third-order valence-electron chi connectivity index (χ3n) is 3.34. The molecule has 8 nitrogen and oxygen atoms in total. The zero-order chi connectivity index (χ0) is 16.6. The Hall–Kier alpha value is -2.55. The summed E-state index contributed by atoms with van der Waals surface area (Å²) >= 11 is 0. The van der Waals surface area contributed by atoms with Crippen LogP contribution in [0.4, 0.5) is 5.82 Å². The Bertz CT molecular complexity index is 886. The molecule has 2 heterocycles. The molecule has 0 unspecified atom stereocenters. The fourth-order valence-electron chi connectivity index (χ4n) is 2.32. The van der Waals surface area contributed by atoms with Crippen LogP contribution >= 0.6 is 0 Å². The molecule has 1 aromatic heterocycles. The van der Waals surface area contributed by atoms with Crippen molar-refractivity contribution in [1.82, 2.24) is 15.0 Å². The Balaban J connectivity index is 2.12. The molecule has 1 aliphatic heterocycles. The van der Waals surface area contributed by atoms with Gasteiger partial charge >= 0.3 is 0 Å². The minimum Gasteiger partial charge on any atom is -0.314 e. The molecule has 0 aliphatic carbocycles. The number of para-hydroxylation sites is 1. The van der Waals surface area contributed by atoms with Gasteiger partial charge in [-0.1, -0.05) is 23.4 Å². The fraction of sp³-hybridized carbons (Fsp3) is 0.286. The van der Waals surface area contributed by atoms with Gasteiger partial charge in [-0.3, -0.25) is 4.79 Å². The van der Waals surface area contributed by atoms with Crippen LogP contribution in [0.15, 0.2) is 35.3 Å². The number of aliphatic imine (C=N–C) groups is 1. The van der Waals surface area contributed by atoms with Crippen LogP contribution in [-0.4, -0.2) is 40.6 Å². The van der Waals surface area contributed by atoms with Gasteiger partial charge in [0.25, 0.3) is 0 Å². The summed E-state index contributed by atoms with van der Waals surface area (Å²) in [5.74, 6) is 0.312. The quantitative estimate of drug-likeness (QED) is 0.902. The molecule has 2 aromatic rings. The molecule has 3 rings (SSSR count). The average Bonchev–Trinajstić information content (AvgIpc) is 2.91. The number of aromatic nitrogens is 3. The largest absolute Gasteiger partial charge is 0.314 e. The monoisotopic (exact) mass is 333 g/mol. The maximum atomic E-state index is 11.9. The number of ketones is 1. The van der Waals surface area contributed by atoms with Gasteiger partial charge < -0.3 is 5.32 Å². The van der Waals surface area contributed by atoms with Crippen molar-refractivity contribution in [2.75, 3.05) is 11.6 Å². The van der Waals surface area contributed by atoms with E-state index in [1.54, 1.807) is 0 Å². The average molecular weight is 333 g/mol. The molecule has 0 bridgehead atoms. The zero-order valence-electron chi connectivity index (χ0n) is 12.6. The van der Waals surface area contributed by atoms with Crippen molar-refractivity contribution in [1.29, 1.82) is 0 Å². The molecule has 0 fully saturated rings. The molecule has 23 heavy (non-hydrogen) atoms. The smallest absolute Gasteiger partial charge is 0.222 e. The Labute approximate surface area is 133 Å². The van der Waals surface area contributed by atoms with E-state index in [2.05, 4.69) is 20.6 Å². The lowest BCUT2D eigenvalue weighted by Crippen LogP contribution is -2.29. The maximum Gasteiger partial charge on any atom is 0.222 e. The van der Waals surface area contributed by atoms with Crippen LogP contribution in [0, 0.1) is 0 Å². The van der Waals surface area contributed by atoms with Gasteiger partial charge in [-0.15, -0.1) is 5.10 Å². The molecular formula is C14H15N5O3S. The highest BCUT2D eigenvalue weighted by Crippen LogP contribution is 2.32. The van der Waals surface area contributed by atoms with Crippen molar-refractivity contribution in [2.24, 2.45) is 4.99 Å². The van der Waals surface area contributed by atoms with Crippen LogP contribution in [0.1, 0.15) is 25.1 Å². The number of nitrogens with zero attached hydrogens (tertiary/aromatic N) is 4. The number of rotatable bonds is 3. The van der Waals surface area contributed by atoms with Gasteiger partial charge in [0.1, 0.15) is 17.5 Å². The zero-order valence-corrected chi connectivity index (χ0v) is 13.4. The van der Waals surface area contributed by atoms with Gasteiger partial charge in [0.05, 0.1) is 5.69 Å². The minimum absolute atomic E-state index is 0.0706. The second-order valence-corrected chi connectivity index (χ2v) is 7.26. The molecule has 9 heteroatoms. The van der Waals surface area contributed by atoms with E-state index in [1.807, 2.05) is 30.3 Å². The first-order chi connectivity index (χ1) is 10.9. The molecule has 0 saturated carbocycles. The summed E-state index contributed by atoms with van der Waals surface area (Å²) in [6, 6.07) is 8.52. The number of carbonyl (C=O) groups is 1. The lowest BCUT2D eigenvalue weighted by atomic mass is 10.1. The third kappa shape index (κ3) is 3.00. The summed E-state index contributed by atoms with van der Waals surface area (Å²) in [7, 11) is -3.56. The molecule has 1 aromatic carbocycles. The number of hydrogen-bond acceptors (Lipinski definition) is 7. The SMILES string of the molecule is CC(=O)C[C@H]1N=C(S(C)(=O)=O)Nc2c1nnn2-c1ccccc1. The predicted molar refractivity (Wildman–Crippen MR) is 85.3 cm³/mol. The minimum atomic E-state index is -3.56. The molecule has 120 valence electrons. The highest BCUT2D eigenvalue weighted by molar-refractivity contribution is 8.06. The van der Waals surface area contributed by atoms with Gasteiger partial charge in [0.15, 0.2) is 5.82 Å². The van der Waals surface area contributed by atoms with E-state index in [9.17, 15) is 13.2 Å². The van der Waals surface area contributed by atoms with Crippen molar-refractivity contribution >= 4 is 26.6 Å². The van der Waals surface area contributed by atoms with Crippen LogP contribution in [0.25, 0.3) is 5.69 Å². The molecule has 1 aliphatic rings. The molecule has 0 spiro atoms. The molecule has 0 saturated heterocycles. The van der Waals surface area contributed by atoms with E-state index < -0.39 is 15.9 Å². The molecule has 0 radical (unpaired) electrons. The first-order valence-corrected chi connectivity index (χ1v) is 8.81. The number of sulfone groups is 1. The van der Waals surface area contributed by atoms with Crippen molar-refractivity contribution in [3.8, 4) is 5.69 Å². The molecule has 1 N–H and O–H groups in total. The van der Waals surface area contributed by atoms with Crippen LogP contribution in [0.2, 0.25) is 0 Å². The second-order valence-electron chi connectivity index (χ2n) is 5.32. The summed E-state index contributed by atoms with van der Waals surface area (Å²) in [6.07, 6.45) is 1.13. The first-order valence-electron chi connectivity index (χ1n) is 6.91. The van der Waals surface area contributed by atoms with Crippen LogP contribution in [-0.2, 0) is 14.6 Å². The van der Waals surface area contributed by atoms with Crippen LogP contribution in [0.5, 0.6) is 0 Å². The number of anilines is 1. The molecule has 0 amide bonds. The molecule has 1 atom stereocenters. The highest BCUT2D eigenvalue weighted by Gasteiger charge is 2.32. The first kappa shape index (κ1) is 15.3. The van der Waals surface area contributed by atoms with E-state index in [0.717, 1.165) is 11.9 Å². The highest BCUT2D eigenvalue weighted by atomic mass is 32.2. The van der Waals surface area contributed by atoms with Gasteiger partial charge in [-0.25, -0.2) is 13.4 Å². The van der Waals surface area contributed by atoms with Crippen molar-refractivity contribution < 1.29 is 13.2 Å². The lowest BCUT2D eigenvalue weighted by Gasteiger charge is -2.20. The number of nitrogens with one attached hydrogen (secondary N) is 1. The summed E-state index contributed by atoms with van der Waals surface area (Å²) in [6.45, 7) is 1.43. The number of benzene rings is 1. The third-order valence-corrected chi connectivity index (χ3v) is 4.25. The fourth-order valence-corrected chi connectivity index (χ4v) is 2.92. The lowest BCUT2D eigenvalue weighted by molar-refractivity contribution is -0.117. The van der Waals surface area contributed by atoms with Gasteiger partial charge in [-0.2, -0.15) is 4.68 Å². The predicted octanol–water partition coefficient (Wildman–Crippen LogP) is 1.11. The van der Waals surface area contributed by atoms with Crippen LogP contribution < -0.4 is 5.32 Å². The molecular weight excluding hydrogens is 318 g/mol. The van der Waals surface area contributed by atoms with Crippen molar-refractivity contribution in [3.05, 3.63) is 36.0 Å². The van der Waals surface area contributed by atoms with E-state index in [-0.39, 0.29) is 17.4 Å².